The molecule has 0 aromatic heterocycles. The normalized spacial score (nSPS) is 15.8. The zero-order chi connectivity index (χ0) is 23.4. The first kappa shape index (κ1) is 28.0. The highest BCUT2D eigenvalue weighted by Crippen LogP contribution is 2.03. The van der Waals surface area contributed by atoms with Crippen molar-refractivity contribution >= 4 is 54.0 Å². The number of carboxylic acid groups (broad SMARTS) is 1. The monoisotopic (exact) mass is 467 g/mol. The van der Waals surface area contributed by atoms with Gasteiger partial charge in [-0.3, -0.25) is 19.2 Å². The van der Waals surface area contributed by atoms with Crippen LogP contribution in [0.1, 0.15) is 19.8 Å². The van der Waals surface area contributed by atoms with E-state index in [2.05, 4.69) is 28.6 Å². The van der Waals surface area contributed by atoms with E-state index in [1.54, 1.807) is 6.26 Å². The maximum atomic E-state index is 12.5. The van der Waals surface area contributed by atoms with Crippen molar-refractivity contribution in [1.29, 1.82) is 0 Å². The second-order valence-corrected chi connectivity index (χ2v) is 7.77. The summed E-state index contributed by atoms with van der Waals surface area (Å²) in [6, 6.07) is -5.21. The first-order valence-corrected chi connectivity index (χ1v) is 10.9. The number of thioether (sulfide) groups is 1. The number of nitrogens with two attached hydrogens (primary N) is 2. The number of carboxylic acids is 1. The largest absolute Gasteiger partial charge is 0.480 e. The van der Waals surface area contributed by atoms with E-state index >= 15 is 0 Å². The van der Waals surface area contributed by atoms with Crippen molar-refractivity contribution in [1.82, 2.24) is 16.0 Å². The van der Waals surface area contributed by atoms with Crippen LogP contribution in [0.15, 0.2) is 0 Å². The summed E-state index contributed by atoms with van der Waals surface area (Å²) in [6.45, 7) is 1.27. The molecule has 0 heterocycles. The molecule has 0 aliphatic heterocycles. The number of nitrogens with one attached hydrogen (secondary N) is 3. The van der Waals surface area contributed by atoms with Gasteiger partial charge in [-0.25, -0.2) is 4.79 Å². The number of aliphatic hydroxyl groups is 1. The Morgan fingerprint density at radius 2 is 1.50 bits per heavy atom. The summed E-state index contributed by atoms with van der Waals surface area (Å²) in [6.07, 6.45) is 0.157. The number of hydrogen-bond acceptors (Lipinski definition) is 9. The first-order valence-electron chi connectivity index (χ1n) is 8.90. The van der Waals surface area contributed by atoms with E-state index in [-0.39, 0.29) is 12.2 Å². The summed E-state index contributed by atoms with van der Waals surface area (Å²) in [7, 11) is 0. The second-order valence-electron chi connectivity index (χ2n) is 6.42. The smallest absolute Gasteiger partial charge is 0.326 e. The summed E-state index contributed by atoms with van der Waals surface area (Å²) in [5, 5.41) is 25.4. The Kier molecular flexibility index (Phi) is 13.1. The summed E-state index contributed by atoms with van der Waals surface area (Å²) in [5.41, 5.74) is 10.6. The lowest BCUT2D eigenvalue weighted by molar-refractivity contribution is -0.142. The minimum atomic E-state index is -1.46. The SMILES string of the molecule is CSCCC(NC(=O)C(CS)NC(=O)C(CC(N)=O)NC(=O)C(N)C(C)O)C(=O)O. The summed E-state index contributed by atoms with van der Waals surface area (Å²) >= 11 is 5.39. The molecule has 4 amide bonds. The number of hydrogen-bond donors (Lipinski definition) is 8. The van der Waals surface area contributed by atoms with Gasteiger partial charge in [0, 0.05) is 5.75 Å². The van der Waals surface area contributed by atoms with Gasteiger partial charge in [0.2, 0.25) is 23.6 Å². The van der Waals surface area contributed by atoms with E-state index in [4.69, 9.17) is 11.5 Å². The Morgan fingerprint density at radius 3 is 1.93 bits per heavy atom. The van der Waals surface area contributed by atoms with Crippen molar-refractivity contribution in [2.45, 2.75) is 50.0 Å². The number of carbonyl (C=O) groups is 5. The molecule has 172 valence electrons. The van der Waals surface area contributed by atoms with Gasteiger partial charge in [-0.2, -0.15) is 24.4 Å². The molecule has 0 rings (SSSR count). The highest BCUT2D eigenvalue weighted by Gasteiger charge is 2.31. The van der Waals surface area contributed by atoms with Crippen molar-refractivity contribution in [3.63, 3.8) is 0 Å². The molecule has 0 fully saturated rings. The highest BCUT2D eigenvalue weighted by molar-refractivity contribution is 7.98. The maximum absolute atomic E-state index is 12.5. The van der Waals surface area contributed by atoms with Gasteiger partial charge in [-0.1, -0.05) is 0 Å². The molecule has 0 saturated heterocycles. The van der Waals surface area contributed by atoms with Crippen LogP contribution in [0.3, 0.4) is 0 Å². The lowest BCUT2D eigenvalue weighted by Crippen LogP contribution is -2.59. The topological polar surface area (TPSA) is 214 Å². The van der Waals surface area contributed by atoms with Crippen LogP contribution in [0.25, 0.3) is 0 Å². The van der Waals surface area contributed by atoms with E-state index in [1.807, 2.05) is 0 Å². The van der Waals surface area contributed by atoms with Crippen molar-refractivity contribution in [3.05, 3.63) is 0 Å². The zero-order valence-corrected chi connectivity index (χ0v) is 18.4. The molecule has 14 heteroatoms. The minimum Gasteiger partial charge on any atom is -0.480 e. The summed E-state index contributed by atoms with van der Waals surface area (Å²) in [4.78, 5) is 59.4. The molecule has 0 aliphatic carbocycles. The molecule has 0 spiro atoms. The third kappa shape index (κ3) is 10.1. The lowest BCUT2D eigenvalue weighted by atomic mass is 10.1. The average Bonchev–Trinajstić information content (AvgIpc) is 2.66. The lowest BCUT2D eigenvalue weighted by Gasteiger charge is -2.24. The molecular weight excluding hydrogens is 438 g/mol. The molecule has 0 aromatic rings. The van der Waals surface area contributed by atoms with E-state index in [9.17, 15) is 34.2 Å². The van der Waals surface area contributed by atoms with Crippen LogP contribution < -0.4 is 27.4 Å². The Morgan fingerprint density at radius 1 is 1.00 bits per heavy atom. The average molecular weight is 468 g/mol. The number of rotatable bonds is 14. The minimum absolute atomic E-state index is 0.174. The molecular formula is C16H29N5O7S2. The van der Waals surface area contributed by atoms with Crippen molar-refractivity contribution < 1.29 is 34.2 Å². The maximum Gasteiger partial charge on any atom is 0.326 e. The van der Waals surface area contributed by atoms with Gasteiger partial charge in [0.15, 0.2) is 0 Å². The van der Waals surface area contributed by atoms with E-state index in [1.165, 1.54) is 18.7 Å². The number of primary amides is 1. The number of amides is 4. The molecule has 5 unspecified atom stereocenters. The number of thiol groups is 1. The highest BCUT2D eigenvalue weighted by atomic mass is 32.2. The number of aliphatic carboxylic acids is 1. The van der Waals surface area contributed by atoms with Crippen LogP contribution in [0.2, 0.25) is 0 Å². The van der Waals surface area contributed by atoms with Gasteiger partial charge in [-0.05, 0) is 25.4 Å². The predicted molar refractivity (Wildman–Crippen MR) is 114 cm³/mol. The van der Waals surface area contributed by atoms with Crippen LogP contribution in [0.4, 0.5) is 0 Å². The van der Waals surface area contributed by atoms with Gasteiger partial charge in [-0.15, -0.1) is 0 Å². The quantitative estimate of drug-likeness (QED) is 0.120. The third-order valence-electron chi connectivity index (χ3n) is 3.90. The van der Waals surface area contributed by atoms with Crippen LogP contribution in [-0.2, 0) is 24.0 Å². The van der Waals surface area contributed by atoms with Gasteiger partial charge in [0.25, 0.3) is 0 Å². The molecule has 0 aliphatic rings. The molecule has 9 N–H and O–H groups in total. The Hall–Kier alpha value is -2.03. The molecule has 30 heavy (non-hydrogen) atoms. The fraction of sp³-hybridized carbons (Fsp3) is 0.688. The number of aliphatic hydroxyl groups excluding tert-OH is 1. The van der Waals surface area contributed by atoms with Crippen molar-refractivity contribution in [3.8, 4) is 0 Å². The summed E-state index contributed by atoms with van der Waals surface area (Å²) < 4.78 is 0. The van der Waals surface area contributed by atoms with Crippen molar-refractivity contribution in [2.24, 2.45) is 11.5 Å². The van der Waals surface area contributed by atoms with Crippen LogP contribution in [-0.4, -0.2) is 87.8 Å². The Bertz CT molecular complexity index is 635. The second kappa shape index (κ2) is 14.1. The number of carbonyl (C=O) groups excluding carboxylic acids is 4. The van der Waals surface area contributed by atoms with E-state index in [0.29, 0.717) is 5.75 Å². The molecule has 5 atom stereocenters. The zero-order valence-electron chi connectivity index (χ0n) is 16.7. The summed E-state index contributed by atoms with van der Waals surface area (Å²) in [5.74, 6) is -4.45. The first-order chi connectivity index (χ1) is 13.9. The Balaban J connectivity index is 5.22. The molecule has 0 aromatic carbocycles. The van der Waals surface area contributed by atoms with Crippen LogP contribution in [0.5, 0.6) is 0 Å². The predicted octanol–water partition coefficient (Wildman–Crippen LogP) is -3.21. The van der Waals surface area contributed by atoms with E-state index in [0.717, 1.165) is 0 Å². The third-order valence-corrected chi connectivity index (χ3v) is 4.91. The van der Waals surface area contributed by atoms with Gasteiger partial charge >= 0.3 is 5.97 Å². The van der Waals surface area contributed by atoms with Crippen molar-refractivity contribution in [2.75, 3.05) is 17.8 Å². The van der Waals surface area contributed by atoms with Gasteiger partial charge in [0.1, 0.15) is 24.2 Å². The molecule has 12 nitrogen and oxygen atoms in total. The molecule has 0 bridgehead atoms. The van der Waals surface area contributed by atoms with Crippen LogP contribution in [0, 0.1) is 0 Å². The molecule has 0 radical (unpaired) electrons. The Labute approximate surface area is 183 Å². The fourth-order valence-corrected chi connectivity index (χ4v) is 2.86. The fourth-order valence-electron chi connectivity index (χ4n) is 2.13. The molecule has 0 saturated carbocycles. The standard InChI is InChI=1S/C16H29N5O7S2/c1-7(22)12(18)15(26)20-9(5-11(17)23)13(24)21-10(6-29)14(25)19-8(16(27)28)3-4-30-2/h7-10,12,22,29H,3-6,18H2,1-2H3,(H2,17,23)(H,19,25)(H,20,26)(H,21,24)(H,27,28). The van der Waals surface area contributed by atoms with Gasteiger partial charge < -0.3 is 37.6 Å². The van der Waals surface area contributed by atoms with E-state index < -0.39 is 66.3 Å². The van der Waals surface area contributed by atoms with Gasteiger partial charge in [0.05, 0.1) is 12.5 Å². The van der Waals surface area contributed by atoms with Crippen LogP contribution >= 0.6 is 24.4 Å².